The van der Waals surface area contributed by atoms with Gasteiger partial charge < -0.3 is 9.73 Å². The predicted octanol–water partition coefficient (Wildman–Crippen LogP) is 4.08. The van der Waals surface area contributed by atoms with Crippen molar-refractivity contribution in [2.24, 2.45) is 0 Å². The van der Waals surface area contributed by atoms with Crippen LogP contribution in [0.1, 0.15) is 30.0 Å². The van der Waals surface area contributed by atoms with Crippen LogP contribution in [-0.2, 0) is 0 Å². The van der Waals surface area contributed by atoms with Gasteiger partial charge >= 0.3 is 0 Å². The Hall–Kier alpha value is -0.770. The van der Waals surface area contributed by atoms with Gasteiger partial charge in [0, 0.05) is 4.88 Å². The Morgan fingerprint density at radius 3 is 2.88 bits per heavy atom. The summed E-state index contributed by atoms with van der Waals surface area (Å²) >= 11 is 7.55. The molecule has 0 bridgehead atoms. The molecule has 2 heterocycles. The molecule has 1 unspecified atom stereocenters. The summed E-state index contributed by atoms with van der Waals surface area (Å²) in [6.07, 6.45) is 2.79. The molecule has 0 amide bonds. The second-order valence-electron chi connectivity index (χ2n) is 3.54. The van der Waals surface area contributed by atoms with E-state index >= 15 is 0 Å². The smallest absolute Gasteiger partial charge is 0.126 e. The zero-order valence-electron chi connectivity index (χ0n) is 9.07. The van der Waals surface area contributed by atoms with Crippen LogP contribution in [0.4, 0.5) is 0 Å². The van der Waals surface area contributed by atoms with E-state index in [1.165, 1.54) is 4.88 Å². The van der Waals surface area contributed by atoms with Gasteiger partial charge in [-0.05, 0) is 37.2 Å². The van der Waals surface area contributed by atoms with Gasteiger partial charge in [0.15, 0.2) is 0 Å². The van der Waals surface area contributed by atoms with Gasteiger partial charge in [0.05, 0.1) is 10.6 Å². The summed E-state index contributed by atoms with van der Waals surface area (Å²) in [4.78, 5) is 1.19. The van der Waals surface area contributed by atoms with E-state index in [-0.39, 0.29) is 6.04 Å². The van der Waals surface area contributed by atoms with E-state index in [0.29, 0.717) is 0 Å². The van der Waals surface area contributed by atoms with Crippen molar-refractivity contribution in [1.29, 1.82) is 0 Å². The second-order valence-corrected chi connectivity index (χ2v) is 5.29. The van der Waals surface area contributed by atoms with Gasteiger partial charge in [-0.2, -0.15) is 0 Å². The molecule has 0 fully saturated rings. The van der Waals surface area contributed by atoms with Crippen LogP contribution >= 0.6 is 22.9 Å². The summed E-state index contributed by atoms with van der Waals surface area (Å²) in [7, 11) is 0. The zero-order valence-corrected chi connectivity index (χ0v) is 10.6. The van der Waals surface area contributed by atoms with Gasteiger partial charge in [-0.15, -0.1) is 11.3 Å². The Morgan fingerprint density at radius 1 is 1.44 bits per heavy atom. The summed E-state index contributed by atoms with van der Waals surface area (Å²) in [5, 5.41) is 3.46. The van der Waals surface area contributed by atoms with Crippen molar-refractivity contribution in [1.82, 2.24) is 5.32 Å². The van der Waals surface area contributed by atoms with Crippen molar-refractivity contribution in [3.05, 3.63) is 45.5 Å². The maximum atomic E-state index is 5.96. The zero-order chi connectivity index (χ0) is 11.4. The maximum Gasteiger partial charge on any atom is 0.126 e. The van der Waals surface area contributed by atoms with E-state index in [9.17, 15) is 0 Å². The Labute approximate surface area is 104 Å². The van der Waals surface area contributed by atoms with Crippen LogP contribution < -0.4 is 5.32 Å². The van der Waals surface area contributed by atoms with Crippen LogP contribution in [0, 0.1) is 0 Å². The number of thiophene rings is 1. The first kappa shape index (κ1) is 11.7. The third kappa shape index (κ3) is 2.67. The topological polar surface area (TPSA) is 25.2 Å². The summed E-state index contributed by atoms with van der Waals surface area (Å²) in [6, 6.07) is 7.98. The molecular formula is C12H14ClNOS. The first-order valence-electron chi connectivity index (χ1n) is 5.33. The lowest BCUT2D eigenvalue weighted by molar-refractivity contribution is 0.450. The van der Waals surface area contributed by atoms with Crippen molar-refractivity contribution in [2.75, 3.05) is 6.54 Å². The summed E-state index contributed by atoms with van der Waals surface area (Å²) < 4.78 is 6.27. The van der Waals surface area contributed by atoms with Crippen LogP contribution in [0.15, 0.2) is 34.9 Å². The van der Waals surface area contributed by atoms with Crippen LogP contribution in [0.2, 0.25) is 4.34 Å². The van der Waals surface area contributed by atoms with Gasteiger partial charge in [0.1, 0.15) is 11.8 Å². The van der Waals surface area contributed by atoms with Crippen LogP contribution in [0.25, 0.3) is 0 Å². The van der Waals surface area contributed by atoms with Crippen molar-refractivity contribution < 1.29 is 4.42 Å². The SMILES string of the molecule is CCCNC(c1ccco1)c1ccc(Cl)s1. The molecule has 0 saturated heterocycles. The Bertz CT molecular complexity index is 424. The molecule has 2 aromatic rings. The fraction of sp³-hybridized carbons (Fsp3) is 0.333. The van der Waals surface area contributed by atoms with Crippen molar-refractivity contribution in [2.45, 2.75) is 19.4 Å². The molecule has 86 valence electrons. The van der Waals surface area contributed by atoms with E-state index in [1.54, 1.807) is 17.6 Å². The lowest BCUT2D eigenvalue weighted by Crippen LogP contribution is -2.21. The first-order chi connectivity index (χ1) is 7.81. The van der Waals surface area contributed by atoms with E-state index < -0.39 is 0 Å². The number of nitrogens with one attached hydrogen (secondary N) is 1. The molecule has 4 heteroatoms. The molecule has 0 aliphatic carbocycles. The van der Waals surface area contributed by atoms with Gasteiger partial charge in [-0.1, -0.05) is 18.5 Å². The van der Waals surface area contributed by atoms with Gasteiger partial charge in [0.25, 0.3) is 0 Å². The fourth-order valence-electron chi connectivity index (χ4n) is 1.57. The lowest BCUT2D eigenvalue weighted by atomic mass is 10.2. The average Bonchev–Trinajstić information content (AvgIpc) is 2.91. The molecule has 2 aromatic heterocycles. The second kappa shape index (κ2) is 5.53. The van der Waals surface area contributed by atoms with Gasteiger partial charge in [-0.25, -0.2) is 0 Å². The molecule has 2 nitrogen and oxygen atoms in total. The van der Waals surface area contributed by atoms with Crippen molar-refractivity contribution >= 4 is 22.9 Å². The Kier molecular flexibility index (Phi) is 4.04. The Balaban J connectivity index is 2.21. The highest BCUT2D eigenvalue weighted by Crippen LogP contribution is 2.31. The predicted molar refractivity (Wildman–Crippen MR) is 68.2 cm³/mol. The van der Waals surface area contributed by atoms with Crippen LogP contribution in [0.5, 0.6) is 0 Å². The monoisotopic (exact) mass is 255 g/mol. The van der Waals surface area contributed by atoms with E-state index in [0.717, 1.165) is 23.1 Å². The molecule has 1 atom stereocenters. The lowest BCUT2D eigenvalue weighted by Gasteiger charge is -2.14. The quantitative estimate of drug-likeness (QED) is 0.871. The molecule has 0 aliphatic rings. The van der Waals surface area contributed by atoms with Crippen LogP contribution in [0.3, 0.4) is 0 Å². The third-order valence-electron chi connectivity index (χ3n) is 2.30. The largest absolute Gasteiger partial charge is 0.467 e. The van der Waals surface area contributed by atoms with Gasteiger partial charge in [0.2, 0.25) is 0 Å². The summed E-state index contributed by atoms with van der Waals surface area (Å²) in [6.45, 7) is 3.11. The minimum atomic E-state index is 0.118. The molecular weight excluding hydrogens is 242 g/mol. The van der Waals surface area contributed by atoms with Gasteiger partial charge in [-0.3, -0.25) is 0 Å². The normalized spacial score (nSPS) is 12.9. The van der Waals surface area contributed by atoms with E-state index in [1.807, 2.05) is 24.3 Å². The number of hydrogen-bond donors (Lipinski definition) is 1. The van der Waals surface area contributed by atoms with Crippen LogP contribution in [-0.4, -0.2) is 6.54 Å². The summed E-state index contributed by atoms with van der Waals surface area (Å²) in [5.74, 6) is 0.937. The molecule has 0 saturated carbocycles. The maximum absolute atomic E-state index is 5.96. The van der Waals surface area contributed by atoms with Crippen molar-refractivity contribution in [3.8, 4) is 0 Å². The standard InChI is InChI=1S/C12H14ClNOS/c1-2-7-14-12(9-4-3-8-15-9)10-5-6-11(13)16-10/h3-6,8,12,14H,2,7H2,1H3. The molecule has 16 heavy (non-hydrogen) atoms. The van der Waals surface area contributed by atoms with E-state index in [2.05, 4.69) is 12.2 Å². The highest BCUT2D eigenvalue weighted by molar-refractivity contribution is 7.16. The molecule has 1 N–H and O–H groups in total. The number of rotatable bonds is 5. The third-order valence-corrected chi connectivity index (χ3v) is 3.60. The van der Waals surface area contributed by atoms with Crippen molar-refractivity contribution in [3.63, 3.8) is 0 Å². The molecule has 0 aliphatic heterocycles. The van der Waals surface area contributed by atoms with E-state index in [4.69, 9.17) is 16.0 Å². The number of furan rings is 1. The Morgan fingerprint density at radius 2 is 2.31 bits per heavy atom. The highest BCUT2D eigenvalue weighted by atomic mass is 35.5. The number of hydrogen-bond acceptors (Lipinski definition) is 3. The highest BCUT2D eigenvalue weighted by Gasteiger charge is 2.17. The summed E-state index contributed by atoms with van der Waals surface area (Å²) in [5.41, 5.74) is 0. The fourth-order valence-corrected chi connectivity index (χ4v) is 2.71. The number of halogens is 1. The molecule has 0 aromatic carbocycles. The molecule has 2 rings (SSSR count). The first-order valence-corrected chi connectivity index (χ1v) is 6.52. The molecule has 0 spiro atoms. The average molecular weight is 256 g/mol. The molecule has 0 radical (unpaired) electrons. The minimum Gasteiger partial charge on any atom is -0.467 e. The minimum absolute atomic E-state index is 0.118.